The summed E-state index contributed by atoms with van der Waals surface area (Å²) in [5.41, 5.74) is 2.88. The monoisotopic (exact) mass is 288 g/mol. The Morgan fingerprint density at radius 1 is 1.29 bits per heavy atom. The van der Waals surface area contributed by atoms with E-state index in [1.165, 1.54) is 24.0 Å². The van der Waals surface area contributed by atoms with Gasteiger partial charge in [0.1, 0.15) is 0 Å². The summed E-state index contributed by atoms with van der Waals surface area (Å²) in [5.74, 6) is 0.659. The zero-order valence-corrected chi connectivity index (χ0v) is 13.1. The van der Waals surface area contributed by atoms with E-state index in [2.05, 4.69) is 41.4 Å². The van der Waals surface area contributed by atoms with Crippen LogP contribution in [-0.4, -0.2) is 41.8 Å². The van der Waals surface area contributed by atoms with Crippen LogP contribution in [0.1, 0.15) is 37.3 Å². The second-order valence-corrected chi connectivity index (χ2v) is 6.74. The van der Waals surface area contributed by atoms with Crippen molar-refractivity contribution in [3.05, 3.63) is 35.4 Å². The van der Waals surface area contributed by atoms with E-state index < -0.39 is 0 Å². The third-order valence-electron chi connectivity index (χ3n) is 5.08. The van der Waals surface area contributed by atoms with Gasteiger partial charge in [0.25, 0.3) is 0 Å². The van der Waals surface area contributed by atoms with Crippen molar-refractivity contribution in [1.82, 2.24) is 10.2 Å². The molecule has 2 aliphatic rings. The minimum Gasteiger partial charge on any atom is -0.394 e. The number of rotatable bonds is 7. The molecule has 116 valence electrons. The number of aliphatic hydroxyl groups excluding tert-OH is 1. The number of benzene rings is 1. The van der Waals surface area contributed by atoms with Gasteiger partial charge in [0.2, 0.25) is 0 Å². The Morgan fingerprint density at radius 3 is 2.71 bits per heavy atom. The second-order valence-electron chi connectivity index (χ2n) is 6.74. The molecule has 1 saturated carbocycles. The molecule has 0 amide bonds. The summed E-state index contributed by atoms with van der Waals surface area (Å²) in [4.78, 5) is 2.53. The molecular formula is C18H28N2O. The molecule has 3 nitrogen and oxygen atoms in total. The lowest BCUT2D eigenvalue weighted by Crippen LogP contribution is -2.58. The first-order valence-electron chi connectivity index (χ1n) is 8.42. The average molecular weight is 288 g/mol. The maximum Gasteiger partial charge on any atom is 0.0628 e. The van der Waals surface area contributed by atoms with Gasteiger partial charge in [0.05, 0.1) is 12.1 Å². The molecule has 1 heterocycles. The number of nitrogens with zero attached hydrogens (tertiary/aromatic N) is 1. The SMILES string of the molecule is CCCNC(CO)(CN1CCc2ccccc2C1)C1CC1. The maximum atomic E-state index is 10.1. The molecule has 1 aliphatic heterocycles. The highest BCUT2D eigenvalue weighted by atomic mass is 16.3. The van der Waals surface area contributed by atoms with Crippen molar-refractivity contribution in [2.45, 2.75) is 44.7 Å². The maximum absolute atomic E-state index is 10.1. The van der Waals surface area contributed by atoms with Gasteiger partial charge in [-0.3, -0.25) is 4.90 Å². The largest absolute Gasteiger partial charge is 0.394 e. The molecule has 0 aromatic heterocycles. The Kier molecular flexibility index (Phi) is 4.63. The molecule has 1 fully saturated rings. The van der Waals surface area contributed by atoms with Crippen LogP contribution in [0.3, 0.4) is 0 Å². The van der Waals surface area contributed by atoms with Crippen molar-refractivity contribution < 1.29 is 5.11 Å². The first-order chi connectivity index (χ1) is 10.3. The fraction of sp³-hybridized carbons (Fsp3) is 0.667. The number of nitrogens with one attached hydrogen (secondary N) is 1. The molecule has 1 aromatic rings. The van der Waals surface area contributed by atoms with E-state index in [4.69, 9.17) is 0 Å². The van der Waals surface area contributed by atoms with E-state index in [1.54, 1.807) is 0 Å². The van der Waals surface area contributed by atoms with Crippen LogP contribution in [0.2, 0.25) is 0 Å². The molecule has 1 atom stereocenters. The average Bonchev–Trinajstić information content (AvgIpc) is 3.36. The predicted octanol–water partition coefficient (Wildman–Crippen LogP) is 2.19. The molecule has 1 aromatic carbocycles. The van der Waals surface area contributed by atoms with E-state index in [0.717, 1.165) is 39.0 Å². The summed E-state index contributed by atoms with van der Waals surface area (Å²) in [7, 11) is 0. The number of fused-ring (bicyclic) bond motifs is 1. The quantitative estimate of drug-likeness (QED) is 0.807. The van der Waals surface area contributed by atoms with Crippen LogP contribution < -0.4 is 5.32 Å². The van der Waals surface area contributed by atoms with Crippen LogP contribution >= 0.6 is 0 Å². The molecule has 0 saturated heterocycles. The van der Waals surface area contributed by atoms with Gasteiger partial charge in [-0.1, -0.05) is 31.2 Å². The highest BCUT2D eigenvalue weighted by Gasteiger charge is 2.45. The molecule has 1 unspecified atom stereocenters. The van der Waals surface area contributed by atoms with Crippen molar-refractivity contribution in [1.29, 1.82) is 0 Å². The molecule has 0 bridgehead atoms. The fourth-order valence-electron chi connectivity index (χ4n) is 3.66. The first-order valence-corrected chi connectivity index (χ1v) is 8.42. The molecule has 2 N–H and O–H groups in total. The first kappa shape index (κ1) is 15.0. The number of hydrogen-bond donors (Lipinski definition) is 2. The summed E-state index contributed by atoms with van der Waals surface area (Å²) in [5, 5.41) is 13.7. The molecule has 0 radical (unpaired) electrons. The van der Waals surface area contributed by atoms with Gasteiger partial charge < -0.3 is 10.4 Å². The molecule has 21 heavy (non-hydrogen) atoms. The van der Waals surface area contributed by atoms with Gasteiger partial charge in [-0.15, -0.1) is 0 Å². The molecule has 0 spiro atoms. The van der Waals surface area contributed by atoms with Crippen molar-refractivity contribution >= 4 is 0 Å². The van der Waals surface area contributed by atoms with Gasteiger partial charge in [0.15, 0.2) is 0 Å². The summed E-state index contributed by atoms with van der Waals surface area (Å²) >= 11 is 0. The minimum absolute atomic E-state index is 0.0811. The normalized spacial score (nSPS) is 21.8. The Morgan fingerprint density at radius 2 is 2.05 bits per heavy atom. The highest BCUT2D eigenvalue weighted by Crippen LogP contribution is 2.40. The number of hydrogen-bond acceptors (Lipinski definition) is 3. The van der Waals surface area contributed by atoms with Crippen molar-refractivity contribution in [3.8, 4) is 0 Å². The Balaban J connectivity index is 1.69. The molecule has 1 aliphatic carbocycles. The smallest absolute Gasteiger partial charge is 0.0628 e. The third-order valence-corrected chi connectivity index (χ3v) is 5.08. The summed E-state index contributed by atoms with van der Waals surface area (Å²) in [6.45, 7) is 6.57. The Labute approximate surface area is 128 Å². The van der Waals surface area contributed by atoms with E-state index in [0.29, 0.717) is 5.92 Å². The van der Waals surface area contributed by atoms with Crippen LogP contribution in [-0.2, 0) is 13.0 Å². The van der Waals surface area contributed by atoms with Gasteiger partial charge in [-0.2, -0.15) is 0 Å². The summed E-state index contributed by atoms with van der Waals surface area (Å²) in [6, 6.07) is 8.78. The van der Waals surface area contributed by atoms with Gasteiger partial charge in [-0.05, 0) is 49.3 Å². The summed E-state index contributed by atoms with van der Waals surface area (Å²) < 4.78 is 0. The predicted molar refractivity (Wildman–Crippen MR) is 86.3 cm³/mol. The number of aliphatic hydroxyl groups is 1. The van der Waals surface area contributed by atoms with E-state index in [1.807, 2.05) is 0 Å². The standard InChI is InChI=1S/C18H28N2O/c1-2-10-19-18(14-21,17-7-8-17)13-20-11-9-15-5-3-4-6-16(15)12-20/h3-6,17,19,21H,2,7-14H2,1H3. The van der Waals surface area contributed by atoms with Crippen molar-refractivity contribution in [2.75, 3.05) is 26.2 Å². The van der Waals surface area contributed by atoms with Crippen LogP contribution in [0.5, 0.6) is 0 Å². The van der Waals surface area contributed by atoms with Crippen LogP contribution in [0, 0.1) is 5.92 Å². The Hall–Kier alpha value is -0.900. The lowest BCUT2D eigenvalue weighted by Gasteiger charge is -2.40. The van der Waals surface area contributed by atoms with Crippen molar-refractivity contribution in [2.24, 2.45) is 5.92 Å². The van der Waals surface area contributed by atoms with E-state index in [-0.39, 0.29) is 12.1 Å². The minimum atomic E-state index is -0.0811. The molecule has 3 rings (SSSR count). The molecule has 3 heteroatoms. The van der Waals surface area contributed by atoms with Crippen LogP contribution in [0.4, 0.5) is 0 Å². The zero-order chi connectivity index (χ0) is 14.7. The third kappa shape index (κ3) is 3.31. The lowest BCUT2D eigenvalue weighted by atomic mass is 9.91. The van der Waals surface area contributed by atoms with Gasteiger partial charge in [0, 0.05) is 19.6 Å². The van der Waals surface area contributed by atoms with E-state index >= 15 is 0 Å². The molecular weight excluding hydrogens is 260 g/mol. The van der Waals surface area contributed by atoms with Gasteiger partial charge in [-0.25, -0.2) is 0 Å². The van der Waals surface area contributed by atoms with Crippen LogP contribution in [0.15, 0.2) is 24.3 Å². The summed E-state index contributed by atoms with van der Waals surface area (Å²) in [6.07, 6.45) is 4.79. The van der Waals surface area contributed by atoms with E-state index in [9.17, 15) is 5.11 Å². The van der Waals surface area contributed by atoms with Crippen molar-refractivity contribution in [3.63, 3.8) is 0 Å². The Bertz CT molecular complexity index is 472. The topological polar surface area (TPSA) is 35.5 Å². The second kappa shape index (κ2) is 6.47. The fourth-order valence-corrected chi connectivity index (χ4v) is 3.66. The van der Waals surface area contributed by atoms with Gasteiger partial charge >= 0.3 is 0 Å². The van der Waals surface area contributed by atoms with Crippen LogP contribution in [0.25, 0.3) is 0 Å². The highest BCUT2D eigenvalue weighted by molar-refractivity contribution is 5.29. The lowest BCUT2D eigenvalue weighted by molar-refractivity contribution is 0.0847. The zero-order valence-electron chi connectivity index (χ0n) is 13.1.